The molecule has 0 saturated heterocycles. The van der Waals surface area contributed by atoms with E-state index in [0.29, 0.717) is 55.4 Å². The molecular formula is C20H25ClIN3O3. The lowest BCUT2D eigenvalue weighted by atomic mass is 10.2. The summed E-state index contributed by atoms with van der Waals surface area (Å²) in [6, 6.07) is 11.8. The first-order valence-electron chi connectivity index (χ1n) is 8.94. The van der Waals surface area contributed by atoms with Crippen LogP contribution in [0.25, 0.3) is 0 Å². The number of rotatable bonds is 6. The molecule has 0 spiro atoms. The molecule has 0 radical (unpaired) electrons. The van der Waals surface area contributed by atoms with Crippen LogP contribution in [-0.4, -0.2) is 32.8 Å². The molecule has 152 valence electrons. The van der Waals surface area contributed by atoms with Crippen molar-refractivity contribution in [2.75, 3.05) is 26.9 Å². The number of nitrogens with one attached hydrogen (secondary N) is 2. The molecule has 6 nitrogen and oxygen atoms in total. The van der Waals surface area contributed by atoms with Gasteiger partial charge in [-0.05, 0) is 30.7 Å². The van der Waals surface area contributed by atoms with E-state index in [1.807, 2.05) is 43.3 Å². The predicted molar refractivity (Wildman–Crippen MR) is 123 cm³/mol. The van der Waals surface area contributed by atoms with E-state index >= 15 is 0 Å². The van der Waals surface area contributed by atoms with Gasteiger partial charge in [0, 0.05) is 25.7 Å². The molecule has 28 heavy (non-hydrogen) atoms. The third-order valence-corrected chi connectivity index (χ3v) is 4.34. The summed E-state index contributed by atoms with van der Waals surface area (Å²) < 4.78 is 16.8. The fraction of sp³-hybridized carbons (Fsp3) is 0.350. The van der Waals surface area contributed by atoms with E-state index in [-0.39, 0.29) is 24.0 Å². The number of benzene rings is 2. The third-order valence-electron chi connectivity index (χ3n) is 4.06. The van der Waals surface area contributed by atoms with Crippen LogP contribution in [0.4, 0.5) is 0 Å². The van der Waals surface area contributed by atoms with Crippen LogP contribution < -0.4 is 24.8 Å². The van der Waals surface area contributed by atoms with Crippen LogP contribution >= 0.6 is 35.6 Å². The summed E-state index contributed by atoms with van der Waals surface area (Å²) in [5, 5.41) is 7.14. The van der Waals surface area contributed by atoms with Crippen LogP contribution in [0, 0.1) is 0 Å². The zero-order valence-corrected chi connectivity index (χ0v) is 19.0. The summed E-state index contributed by atoms with van der Waals surface area (Å²) in [6.45, 7) is 4.83. The van der Waals surface area contributed by atoms with Gasteiger partial charge >= 0.3 is 0 Å². The molecule has 0 atom stereocenters. The number of guanidine groups is 1. The lowest BCUT2D eigenvalue weighted by Gasteiger charge is -2.20. The topological polar surface area (TPSA) is 64.1 Å². The maximum atomic E-state index is 6.29. The molecule has 8 heteroatoms. The van der Waals surface area contributed by atoms with Crippen LogP contribution in [0.1, 0.15) is 18.1 Å². The quantitative estimate of drug-likeness (QED) is 0.345. The van der Waals surface area contributed by atoms with Gasteiger partial charge in [0.1, 0.15) is 19.0 Å². The molecule has 0 amide bonds. The lowest BCUT2D eigenvalue weighted by molar-refractivity contribution is 0.171. The van der Waals surface area contributed by atoms with Crippen molar-refractivity contribution in [3.05, 3.63) is 52.5 Å². The van der Waals surface area contributed by atoms with Gasteiger partial charge in [0.2, 0.25) is 0 Å². The van der Waals surface area contributed by atoms with Crippen molar-refractivity contribution in [2.45, 2.75) is 20.0 Å². The number of aliphatic imine (C=N–C) groups is 1. The molecule has 0 aromatic heterocycles. The van der Waals surface area contributed by atoms with Gasteiger partial charge in [-0.15, -0.1) is 24.0 Å². The number of para-hydroxylation sites is 1. The Kier molecular flexibility index (Phi) is 8.98. The SMILES string of the molecule is CCOc1ccccc1CNC(=NC)NCc1cc(Cl)c2c(c1)OCCO2.I. The first kappa shape index (κ1) is 22.4. The van der Waals surface area contributed by atoms with E-state index in [1.54, 1.807) is 7.05 Å². The van der Waals surface area contributed by atoms with Crippen LogP contribution in [-0.2, 0) is 13.1 Å². The Bertz CT molecular complexity index is 817. The highest BCUT2D eigenvalue weighted by atomic mass is 127. The number of fused-ring (bicyclic) bond motifs is 1. The molecule has 2 aromatic rings. The van der Waals surface area contributed by atoms with Crippen LogP contribution in [0.3, 0.4) is 0 Å². The molecule has 3 rings (SSSR count). The average molecular weight is 518 g/mol. The second kappa shape index (κ2) is 11.2. The van der Waals surface area contributed by atoms with E-state index < -0.39 is 0 Å². The zero-order valence-electron chi connectivity index (χ0n) is 16.0. The Balaban J connectivity index is 0.00000280. The molecule has 0 saturated carbocycles. The van der Waals surface area contributed by atoms with Crippen molar-refractivity contribution < 1.29 is 14.2 Å². The Morgan fingerprint density at radius 3 is 2.68 bits per heavy atom. The van der Waals surface area contributed by atoms with E-state index in [0.717, 1.165) is 16.9 Å². The summed E-state index contributed by atoms with van der Waals surface area (Å²) in [6.07, 6.45) is 0. The highest BCUT2D eigenvalue weighted by Gasteiger charge is 2.16. The molecule has 0 unspecified atom stereocenters. The lowest BCUT2D eigenvalue weighted by Crippen LogP contribution is -2.36. The second-order valence-electron chi connectivity index (χ2n) is 5.92. The Labute approximate surface area is 187 Å². The van der Waals surface area contributed by atoms with Gasteiger partial charge in [-0.1, -0.05) is 29.8 Å². The fourth-order valence-corrected chi connectivity index (χ4v) is 3.09. The van der Waals surface area contributed by atoms with E-state index in [4.69, 9.17) is 25.8 Å². The number of hydrogen-bond donors (Lipinski definition) is 2. The minimum Gasteiger partial charge on any atom is -0.494 e. The second-order valence-corrected chi connectivity index (χ2v) is 6.33. The van der Waals surface area contributed by atoms with E-state index in [1.165, 1.54) is 0 Å². The first-order chi connectivity index (χ1) is 13.2. The molecule has 1 aliphatic heterocycles. The number of hydrogen-bond acceptors (Lipinski definition) is 4. The van der Waals surface area contributed by atoms with E-state index in [2.05, 4.69) is 15.6 Å². The summed E-state index contributed by atoms with van der Waals surface area (Å²) in [4.78, 5) is 4.27. The maximum absolute atomic E-state index is 6.29. The number of ether oxygens (including phenoxy) is 3. The third kappa shape index (κ3) is 5.81. The highest BCUT2D eigenvalue weighted by molar-refractivity contribution is 14.0. The van der Waals surface area contributed by atoms with Gasteiger partial charge in [0.05, 0.1) is 11.6 Å². The molecule has 0 bridgehead atoms. The molecule has 0 aliphatic carbocycles. The van der Waals surface area contributed by atoms with Gasteiger partial charge in [0.25, 0.3) is 0 Å². The Morgan fingerprint density at radius 2 is 1.89 bits per heavy atom. The van der Waals surface area contributed by atoms with Crippen molar-refractivity contribution >= 4 is 41.5 Å². The van der Waals surface area contributed by atoms with Crippen molar-refractivity contribution in [3.8, 4) is 17.2 Å². The van der Waals surface area contributed by atoms with Gasteiger partial charge in [0.15, 0.2) is 17.5 Å². The molecule has 0 fully saturated rings. The molecule has 2 aromatic carbocycles. The standard InChI is InChI=1S/C20H24ClN3O3.HI/c1-3-25-17-7-5-4-6-15(17)13-24-20(22-2)23-12-14-10-16(21)19-18(11-14)26-8-9-27-19;/h4-7,10-11H,3,8-9,12-13H2,1-2H3,(H2,22,23,24);1H. The maximum Gasteiger partial charge on any atom is 0.191 e. The van der Waals surface area contributed by atoms with Crippen molar-refractivity contribution in [3.63, 3.8) is 0 Å². The smallest absolute Gasteiger partial charge is 0.191 e. The number of halogens is 2. The van der Waals surface area contributed by atoms with Crippen LogP contribution in [0.5, 0.6) is 17.2 Å². The van der Waals surface area contributed by atoms with Gasteiger partial charge < -0.3 is 24.8 Å². The minimum absolute atomic E-state index is 0. The Hall–Kier alpha value is -1.87. The zero-order chi connectivity index (χ0) is 19.1. The van der Waals surface area contributed by atoms with Gasteiger partial charge in [-0.2, -0.15) is 0 Å². The summed E-state index contributed by atoms with van der Waals surface area (Å²) in [5.74, 6) is 2.86. The minimum atomic E-state index is 0. The Morgan fingerprint density at radius 1 is 1.14 bits per heavy atom. The van der Waals surface area contributed by atoms with Gasteiger partial charge in [-0.25, -0.2) is 0 Å². The summed E-state index contributed by atoms with van der Waals surface area (Å²) >= 11 is 6.29. The molecule has 1 aliphatic rings. The van der Waals surface area contributed by atoms with E-state index in [9.17, 15) is 0 Å². The van der Waals surface area contributed by atoms with Gasteiger partial charge in [-0.3, -0.25) is 4.99 Å². The highest BCUT2D eigenvalue weighted by Crippen LogP contribution is 2.38. The molecule has 2 N–H and O–H groups in total. The first-order valence-corrected chi connectivity index (χ1v) is 9.32. The largest absolute Gasteiger partial charge is 0.494 e. The average Bonchev–Trinajstić information content (AvgIpc) is 2.69. The van der Waals surface area contributed by atoms with Crippen molar-refractivity contribution in [2.24, 2.45) is 4.99 Å². The summed E-state index contributed by atoms with van der Waals surface area (Å²) in [5.41, 5.74) is 2.06. The number of nitrogens with zero attached hydrogens (tertiary/aromatic N) is 1. The predicted octanol–water partition coefficient (Wildman–Crippen LogP) is 3.99. The summed E-state index contributed by atoms with van der Waals surface area (Å²) in [7, 11) is 1.74. The fourth-order valence-electron chi connectivity index (χ4n) is 2.80. The molecule has 1 heterocycles. The van der Waals surface area contributed by atoms with Crippen LogP contribution in [0.2, 0.25) is 5.02 Å². The van der Waals surface area contributed by atoms with Crippen molar-refractivity contribution in [1.29, 1.82) is 0 Å². The normalized spacial score (nSPS) is 12.8. The monoisotopic (exact) mass is 517 g/mol. The van der Waals surface area contributed by atoms with Crippen LogP contribution in [0.15, 0.2) is 41.4 Å². The molecular weight excluding hydrogens is 493 g/mol. The van der Waals surface area contributed by atoms with Crippen molar-refractivity contribution in [1.82, 2.24) is 10.6 Å².